The Kier molecular flexibility index (Phi) is 7.61. The van der Waals surface area contributed by atoms with Crippen LogP contribution in [0.3, 0.4) is 0 Å². The molecule has 1 aromatic carbocycles. The second-order valence-electron chi connectivity index (χ2n) is 4.44. The molecule has 8 nitrogen and oxygen atoms in total. The van der Waals surface area contributed by atoms with E-state index in [4.69, 9.17) is 19.7 Å². The van der Waals surface area contributed by atoms with Gasteiger partial charge in [0.25, 0.3) is 0 Å². The number of hydrogen-bond acceptors (Lipinski definition) is 8. The number of carbonyl (C=O) groups excluding carboxylic acids is 1. The predicted molar refractivity (Wildman–Crippen MR) is 75.0 cm³/mol. The standard InChI is InChI=1S/C14H20O8/c1-20-14(19)12-4-11(21-7-9(17)5-15)2-3-13(12)22-8-10(18)6-16/h2-4,9-10,15-18H,5-8H2,1H3/t9-,10+/m1/s1. The van der Waals surface area contributed by atoms with Gasteiger partial charge in [-0.3, -0.25) is 0 Å². The van der Waals surface area contributed by atoms with Crippen molar-refractivity contribution in [2.24, 2.45) is 0 Å². The lowest BCUT2D eigenvalue weighted by atomic mass is 10.2. The van der Waals surface area contributed by atoms with Gasteiger partial charge >= 0.3 is 5.97 Å². The molecule has 22 heavy (non-hydrogen) atoms. The first kappa shape index (κ1) is 18.2. The fourth-order valence-corrected chi connectivity index (χ4v) is 1.48. The van der Waals surface area contributed by atoms with Crippen LogP contribution in [0, 0.1) is 0 Å². The highest BCUT2D eigenvalue weighted by atomic mass is 16.5. The van der Waals surface area contributed by atoms with Gasteiger partial charge in [-0.15, -0.1) is 0 Å². The molecule has 1 aromatic rings. The molecule has 0 unspecified atom stereocenters. The lowest BCUT2D eigenvalue weighted by molar-refractivity contribution is 0.0495. The van der Waals surface area contributed by atoms with E-state index in [0.29, 0.717) is 0 Å². The minimum absolute atomic E-state index is 0.0728. The average molecular weight is 316 g/mol. The van der Waals surface area contributed by atoms with Gasteiger partial charge in [-0.2, -0.15) is 0 Å². The van der Waals surface area contributed by atoms with Gasteiger partial charge in [-0.25, -0.2) is 4.79 Å². The smallest absolute Gasteiger partial charge is 0.341 e. The molecule has 2 atom stereocenters. The summed E-state index contributed by atoms with van der Waals surface area (Å²) in [5.74, 6) is -0.223. The van der Waals surface area contributed by atoms with Crippen LogP contribution in [0.5, 0.6) is 11.5 Å². The van der Waals surface area contributed by atoms with Crippen LogP contribution in [0.25, 0.3) is 0 Å². The molecule has 0 bridgehead atoms. The van der Waals surface area contributed by atoms with Crippen LogP contribution in [0.2, 0.25) is 0 Å². The zero-order valence-electron chi connectivity index (χ0n) is 12.1. The van der Waals surface area contributed by atoms with Gasteiger partial charge in [-0.1, -0.05) is 0 Å². The number of esters is 1. The van der Waals surface area contributed by atoms with Crippen molar-refractivity contribution in [2.45, 2.75) is 12.2 Å². The minimum Gasteiger partial charge on any atom is -0.491 e. The largest absolute Gasteiger partial charge is 0.491 e. The summed E-state index contributed by atoms with van der Waals surface area (Å²) < 4.78 is 15.1. The first-order valence-electron chi connectivity index (χ1n) is 6.57. The molecule has 0 heterocycles. The molecule has 8 heteroatoms. The average Bonchev–Trinajstić information content (AvgIpc) is 2.56. The summed E-state index contributed by atoms with van der Waals surface area (Å²) in [5.41, 5.74) is 0.0728. The molecule has 1 rings (SSSR count). The molecule has 0 aromatic heterocycles. The van der Waals surface area contributed by atoms with E-state index in [1.807, 2.05) is 0 Å². The summed E-state index contributed by atoms with van der Waals surface area (Å²) in [6.07, 6.45) is -2.10. The van der Waals surface area contributed by atoms with E-state index < -0.39 is 31.4 Å². The first-order valence-corrected chi connectivity index (χ1v) is 6.57. The number of ether oxygens (including phenoxy) is 3. The lowest BCUT2D eigenvalue weighted by Gasteiger charge is -2.15. The molecular formula is C14H20O8. The summed E-state index contributed by atoms with van der Waals surface area (Å²) >= 11 is 0. The van der Waals surface area contributed by atoms with Crippen LogP contribution < -0.4 is 9.47 Å². The quantitative estimate of drug-likeness (QED) is 0.425. The molecule has 0 aliphatic rings. The van der Waals surface area contributed by atoms with E-state index in [1.54, 1.807) is 0 Å². The number of methoxy groups -OCH3 is 1. The Balaban J connectivity index is 2.86. The van der Waals surface area contributed by atoms with Crippen molar-refractivity contribution >= 4 is 5.97 Å². The molecule has 0 saturated heterocycles. The Morgan fingerprint density at radius 1 is 1.09 bits per heavy atom. The molecule has 0 amide bonds. The highest BCUT2D eigenvalue weighted by Gasteiger charge is 2.16. The van der Waals surface area contributed by atoms with Gasteiger partial charge in [0.2, 0.25) is 0 Å². The van der Waals surface area contributed by atoms with Crippen LogP contribution >= 0.6 is 0 Å². The van der Waals surface area contributed by atoms with E-state index in [1.165, 1.54) is 25.3 Å². The van der Waals surface area contributed by atoms with Crippen molar-refractivity contribution in [3.63, 3.8) is 0 Å². The number of hydrogen-bond donors (Lipinski definition) is 4. The third-order valence-corrected chi connectivity index (χ3v) is 2.65. The molecule has 0 saturated carbocycles. The number of benzene rings is 1. The van der Waals surface area contributed by atoms with E-state index in [2.05, 4.69) is 4.74 Å². The summed E-state index contributed by atoms with van der Waals surface area (Å²) in [6.45, 7) is -1.23. The van der Waals surface area contributed by atoms with E-state index >= 15 is 0 Å². The van der Waals surface area contributed by atoms with Crippen molar-refractivity contribution < 1.29 is 39.4 Å². The van der Waals surface area contributed by atoms with Crippen LogP contribution in [0.15, 0.2) is 18.2 Å². The predicted octanol–water partition coefficient (Wildman–Crippen LogP) is -1.06. The highest BCUT2D eigenvalue weighted by molar-refractivity contribution is 5.92. The minimum atomic E-state index is -1.07. The Labute approximate surface area is 127 Å². The van der Waals surface area contributed by atoms with Gasteiger partial charge in [0.05, 0.1) is 20.3 Å². The molecule has 124 valence electrons. The summed E-state index contributed by atoms with van der Waals surface area (Å²) in [4.78, 5) is 11.7. The van der Waals surface area contributed by atoms with Crippen LogP contribution in [-0.2, 0) is 4.74 Å². The van der Waals surface area contributed by atoms with Crippen molar-refractivity contribution in [2.75, 3.05) is 33.5 Å². The summed E-state index contributed by atoms with van der Waals surface area (Å²) in [7, 11) is 1.21. The number of rotatable bonds is 9. The molecular weight excluding hydrogens is 296 g/mol. The Morgan fingerprint density at radius 3 is 2.23 bits per heavy atom. The normalized spacial score (nSPS) is 13.3. The maximum Gasteiger partial charge on any atom is 0.341 e. The Hall–Kier alpha value is -1.87. The molecule has 0 aliphatic heterocycles. The van der Waals surface area contributed by atoms with Crippen LogP contribution in [0.4, 0.5) is 0 Å². The number of carbonyl (C=O) groups is 1. The van der Waals surface area contributed by atoms with Gasteiger partial charge in [-0.05, 0) is 18.2 Å². The third-order valence-electron chi connectivity index (χ3n) is 2.65. The molecule has 0 radical (unpaired) electrons. The summed E-state index contributed by atoms with van der Waals surface area (Å²) in [5, 5.41) is 35.9. The van der Waals surface area contributed by atoms with Crippen molar-refractivity contribution in [1.82, 2.24) is 0 Å². The van der Waals surface area contributed by atoms with Crippen LogP contribution in [0.1, 0.15) is 10.4 Å². The maximum absolute atomic E-state index is 11.7. The molecule has 0 spiro atoms. The topological polar surface area (TPSA) is 126 Å². The van der Waals surface area contributed by atoms with Gasteiger partial charge < -0.3 is 34.6 Å². The molecule has 0 fully saturated rings. The fourth-order valence-electron chi connectivity index (χ4n) is 1.48. The van der Waals surface area contributed by atoms with Crippen molar-refractivity contribution in [1.29, 1.82) is 0 Å². The monoisotopic (exact) mass is 316 g/mol. The zero-order chi connectivity index (χ0) is 16.5. The number of aliphatic hydroxyl groups is 4. The van der Waals surface area contributed by atoms with Crippen LogP contribution in [-0.4, -0.2) is 72.1 Å². The van der Waals surface area contributed by atoms with Gasteiger partial charge in [0.1, 0.15) is 42.5 Å². The van der Waals surface area contributed by atoms with Crippen molar-refractivity contribution in [3.05, 3.63) is 23.8 Å². The van der Waals surface area contributed by atoms with E-state index in [9.17, 15) is 15.0 Å². The second-order valence-corrected chi connectivity index (χ2v) is 4.44. The maximum atomic E-state index is 11.7. The third kappa shape index (κ3) is 5.49. The second kappa shape index (κ2) is 9.21. The fraction of sp³-hybridized carbons (Fsp3) is 0.500. The van der Waals surface area contributed by atoms with Crippen molar-refractivity contribution in [3.8, 4) is 11.5 Å². The number of aliphatic hydroxyl groups excluding tert-OH is 4. The molecule has 4 N–H and O–H groups in total. The first-order chi connectivity index (χ1) is 10.5. The Morgan fingerprint density at radius 2 is 1.68 bits per heavy atom. The lowest BCUT2D eigenvalue weighted by Crippen LogP contribution is -2.22. The van der Waals surface area contributed by atoms with E-state index in [-0.39, 0.29) is 30.3 Å². The zero-order valence-corrected chi connectivity index (χ0v) is 12.1. The van der Waals surface area contributed by atoms with Gasteiger partial charge in [0.15, 0.2) is 0 Å². The summed E-state index contributed by atoms with van der Waals surface area (Å²) in [6, 6.07) is 4.30. The van der Waals surface area contributed by atoms with Gasteiger partial charge in [0, 0.05) is 0 Å². The molecule has 0 aliphatic carbocycles. The Bertz CT molecular complexity index is 476. The highest BCUT2D eigenvalue weighted by Crippen LogP contribution is 2.25. The SMILES string of the molecule is COC(=O)c1cc(OC[C@H](O)CO)ccc1OC[C@@H](O)CO. The van der Waals surface area contributed by atoms with E-state index in [0.717, 1.165) is 0 Å².